The zero-order valence-electron chi connectivity index (χ0n) is 20.8. The number of nitrogens with zero attached hydrogens (tertiary/aromatic N) is 2. The van der Waals surface area contributed by atoms with E-state index in [-0.39, 0.29) is 11.8 Å². The van der Waals surface area contributed by atoms with Gasteiger partial charge in [0, 0.05) is 37.5 Å². The van der Waals surface area contributed by atoms with Gasteiger partial charge >= 0.3 is 0 Å². The number of unbranched alkanes of at least 4 members (excludes halogenated alkanes) is 1. The van der Waals surface area contributed by atoms with E-state index in [1.54, 1.807) is 24.4 Å². The molecule has 180 valence electrons. The summed E-state index contributed by atoms with van der Waals surface area (Å²) in [5.41, 5.74) is 8.17. The normalized spacial score (nSPS) is 16.8. The Morgan fingerprint density at radius 1 is 1.30 bits per heavy atom. The fourth-order valence-corrected chi connectivity index (χ4v) is 3.30. The number of nitrogens with one attached hydrogen (secondary N) is 1. The molecular formula is C27H40N4O2. The van der Waals surface area contributed by atoms with Crippen molar-refractivity contribution < 1.29 is 9.59 Å². The number of hydrogen-bond donors (Lipinski definition) is 2. The maximum Gasteiger partial charge on any atom is 0.253 e. The van der Waals surface area contributed by atoms with Crippen LogP contribution in [0, 0.1) is 5.92 Å². The first-order valence-electron chi connectivity index (χ1n) is 11.8. The number of pyridine rings is 1. The number of allylic oxidation sites excluding steroid dienone is 4. The molecule has 1 unspecified atom stereocenters. The lowest BCUT2D eigenvalue weighted by Crippen LogP contribution is -2.30. The fourth-order valence-electron chi connectivity index (χ4n) is 3.30. The predicted octanol–water partition coefficient (Wildman–Crippen LogP) is 4.92. The Labute approximate surface area is 199 Å². The van der Waals surface area contributed by atoms with Gasteiger partial charge in [-0.1, -0.05) is 44.6 Å². The third kappa shape index (κ3) is 10.8. The predicted molar refractivity (Wildman–Crippen MR) is 138 cm³/mol. The van der Waals surface area contributed by atoms with Crippen LogP contribution in [-0.4, -0.2) is 41.3 Å². The minimum absolute atomic E-state index is 0.107. The molecule has 33 heavy (non-hydrogen) atoms. The van der Waals surface area contributed by atoms with Crippen molar-refractivity contribution in [1.82, 2.24) is 15.2 Å². The van der Waals surface area contributed by atoms with E-state index in [4.69, 9.17) is 5.73 Å². The second-order valence-electron chi connectivity index (χ2n) is 8.16. The van der Waals surface area contributed by atoms with Gasteiger partial charge in [0.1, 0.15) is 5.82 Å². The number of aromatic nitrogens is 1. The lowest BCUT2D eigenvalue weighted by atomic mass is 10.1. The molecule has 1 aliphatic rings. The smallest absolute Gasteiger partial charge is 0.253 e. The first kappa shape index (κ1) is 27.9. The van der Waals surface area contributed by atoms with Gasteiger partial charge in [-0.05, 0) is 68.9 Å². The molecule has 0 aliphatic carbocycles. The number of nitrogens with two attached hydrogens (primary N) is 1. The monoisotopic (exact) mass is 452 g/mol. The summed E-state index contributed by atoms with van der Waals surface area (Å²) in [6.45, 7) is 12.6. The summed E-state index contributed by atoms with van der Waals surface area (Å²) in [5, 5.41) is 2.66. The van der Waals surface area contributed by atoms with Crippen molar-refractivity contribution in [2.45, 2.75) is 53.9 Å². The number of hydrogen-bond acceptors (Lipinski definition) is 4. The lowest BCUT2D eigenvalue weighted by molar-refractivity contribution is -0.126. The molecule has 0 bridgehead atoms. The summed E-state index contributed by atoms with van der Waals surface area (Å²) < 4.78 is 0. The van der Waals surface area contributed by atoms with Gasteiger partial charge in [0.2, 0.25) is 5.91 Å². The molecule has 1 aromatic rings. The van der Waals surface area contributed by atoms with E-state index in [0.29, 0.717) is 18.3 Å². The molecule has 2 heterocycles. The van der Waals surface area contributed by atoms with Gasteiger partial charge in [0.15, 0.2) is 0 Å². The Balaban J connectivity index is 0.000000346. The molecule has 2 rings (SSSR count). The highest BCUT2D eigenvalue weighted by Gasteiger charge is 2.25. The van der Waals surface area contributed by atoms with Crippen LogP contribution in [0.4, 0.5) is 5.82 Å². The standard InChI is InChI=1S/C17H27NO.C10H13N3O/c1-5-7-8-9-10-15(4)16(6-2)17(19)18-12-11-14(3)13-18;1-2-12-10(14)6-4-8-3-5-9(11)13-7-8/h6,8-10,14H,5,7,11-13H2,1-4H3;3-7H,2H2,1H3,(H2,11,13)(H,12,14)/b9-8+,15-10-,16-6+;6-4+. The Morgan fingerprint density at radius 2 is 2.06 bits per heavy atom. The lowest BCUT2D eigenvalue weighted by Gasteiger charge is -2.18. The molecular weight excluding hydrogens is 412 g/mol. The number of likely N-dealkylation sites (tertiary alicyclic amines) is 1. The second kappa shape index (κ2) is 15.6. The van der Waals surface area contributed by atoms with E-state index in [2.05, 4.69) is 36.3 Å². The van der Waals surface area contributed by atoms with Crippen LogP contribution in [-0.2, 0) is 9.59 Å². The summed E-state index contributed by atoms with van der Waals surface area (Å²) in [7, 11) is 0. The zero-order valence-corrected chi connectivity index (χ0v) is 20.8. The van der Waals surface area contributed by atoms with E-state index in [9.17, 15) is 9.59 Å². The number of carbonyl (C=O) groups excluding carboxylic acids is 2. The van der Waals surface area contributed by atoms with E-state index in [1.807, 2.05) is 37.8 Å². The van der Waals surface area contributed by atoms with Gasteiger partial charge in [0.25, 0.3) is 5.91 Å². The highest BCUT2D eigenvalue weighted by Crippen LogP contribution is 2.20. The Kier molecular flexibility index (Phi) is 13.2. The van der Waals surface area contributed by atoms with E-state index in [1.165, 1.54) is 6.08 Å². The van der Waals surface area contributed by atoms with Crippen LogP contribution >= 0.6 is 0 Å². The van der Waals surface area contributed by atoms with Crippen LogP contribution < -0.4 is 11.1 Å². The molecule has 1 saturated heterocycles. The molecule has 3 N–H and O–H groups in total. The molecule has 0 aromatic carbocycles. The van der Waals surface area contributed by atoms with Gasteiger partial charge in [-0.2, -0.15) is 0 Å². The van der Waals surface area contributed by atoms with Gasteiger partial charge < -0.3 is 16.0 Å². The first-order valence-corrected chi connectivity index (χ1v) is 11.8. The van der Waals surface area contributed by atoms with Crippen molar-refractivity contribution in [1.29, 1.82) is 0 Å². The third-order valence-corrected chi connectivity index (χ3v) is 5.18. The number of likely N-dealkylation sites (N-methyl/N-ethyl adjacent to an activating group) is 1. The maximum atomic E-state index is 12.4. The molecule has 6 heteroatoms. The molecule has 6 nitrogen and oxygen atoms in total. The van der Waals surface area contributed by atoms with Crippen LogP contribution in [0.2, 0.25) is 0 Å². The third-order valence-electron chi connectivity index (χ3n) is 5.18. The topological polar surface area (TPSA) is 88.3 Å². The van der Waals surface area contributed by atoms with Crippen molar-refractivity contribution in [3.05, 3.63) is 65.4 Å². The minimum atomic E-state index is -0.107. The summed E-state index contributed by atoms with van der Waals surface area (Å²) in [5.74, 6) is 1.18. The highest BCUT2D eigenvalue weighted by molar-refractivity contribution is 5.97. The quantitative estimate of drug-likeness (QED) is 0.433. The fraction of sp³-hybridized carbons (Fsp3) is 0.444. The van der Waals surface area contributed by atoms with E-state index < -0.39 is 0 Å². The zero-order chi connectivity index (χ0) is 24.6. The van der Waals surface area contributed by atoms with Crippen LogP contribution in [0.5, 0.6) is 0 Å². The van der Waals surface area contributed by atoms with Gasteiger partial charge in [-0.15, -0.1) is 0 Å². The summed E-state index contributed by atoms with van der Waals surface area (Å²) >= 11 is 0. The number of carbonyl (C=O) groups is 2. The summed E-state index contributed by atoms with van der Waals surface area (Å²) in [4.78, 5) is 29.4. The van der Waals surface area contributed by atoms with Crippen molar-refractivity contribution in [2.24, 2.45) is 5.92 Å². The van der Waals surface area contributed by atoms with Crippen LogP contribution in [0.1, 0.15) is 59.4 Å². The van der Waals surface area contributed by atoms with Gasteiger partial charge in [-0.25, -0.2) is 4.98 Å². The molecule has 0 spiro atoms. The largest absolute Gasteiger partial charge is 0.384 e. The number of anilines is 1. The van der Waals surface area contributed by atoms with Crippen LogP contribution in [0.15, 0.2) is 59.9 Å². The molecule has 1 aliphatic heterocycles. The number of nitrogen functional groups attached to an aromatic ring is 1. The van der Waals surface area contributed by atoms with E-state index in [0.717, 1.165) is 49.1 Å². The average Bonchev–Trinajstić information content (AvgIpc) is 3.24. The Hall–Kier alpha value is -3.15. The van der Waals surface area contributed by atoms with Crippen LogP contribution in [0.3, 0.4) is 0 Å². The van der Waals surface area contributed by atoms with Crippen molar-refractivity contribution in [3.63, 3.8) is 0 Å². The maximum absolute atomic E-state index is 12.4. The Bertz CT molecular complexity index is 867. The number of rotatable bonds is 8. The molecule has 2 amide bonds. The Morgan fingerprint density at radius 3 is 2.61 bits per heavy atom. The van der Waals surface area contributed by atoms with E-state index >= 15 is 0 Å². The van der Waals surface area contributed by atoms with Gasteiger partial charge in [-0.3, -0.25) is 9.59 Å². The molecule has 1 aromatic heterocycles. The molecule has 0 saturated carbocycles. The molecule has 0 radical (unpaired) electrons. The molecule has 1 atom stereocenters. The van der Waals surface area contributed by atoms with Crippen molar-refractivity contribution in [2.75, 3.05) is 25.4 Å². The van der Waals surface area contributed by atoms with Crippen molar-refractivity contribution >= 4 is 23.7 Å². The number of amides is 2. The average molecular weight is 453 g/mol. The van der Waals surface area contributed by atoms with Gasteiger partial charge in [0.05, 0.1) is 0 Å². The SMILES string of the molecule is CCNC(=O)/C=C/c1ccc(N)nc1.C\C=C(C(=O)N1CCC(C)C1)/C(C)=C\C=C\CCC. The highest BCUT2D eigenvalue weighted by atomic mass is 16.2. The summed E-state index contributed by atoms with van der Waals surface area (Å²) in [6, 6.07) is 3.50. The van der Waals surface area contributed by atoms with Crippen LogP contribution in [0.25, 0.3) is 6.08 Å². The van der Waals surface area contributed by atoms with Crippen molar-refractivity contribution in [3.8, 4) is 0 Å². The summed E-state index contributed by atoms with van der Waals surface area (Å²) in [6.07, 6.45) is 16.3. The minimum Gasteiger partial charge on any atom is -0.384 e. The first-order chi connectivity index (χ1) is 15.8. The second-order valence-corrected chi connectivity index (χ2v) is 8.16. The molecule has 1 fully saturated rings.